The first-order chi connectivity index (χ1) is 6.86. The molecule has 0 atom stereocenters. The summed E-state index contributed by atoms with van der Waals surface area (Å²) in [6.07, 6.45) is 8.02. The van der Waals surface area contributed by atoms with Crippen LogP contribution >= 0.6 is 0 Å². The smallest absolute Gasteiger partial charge is 0.316 e. The van der Waals surface area contributed by atoms with E-state index in [4.69, 9.17) is 0 Å². The average molecular weight is 197 g/mol. The third-order valence-corrected chi connectivity index (χ3v) is 3.23. The van der Waals surface area contributed by atoms with Crippen LogP contribution in [0.1, 0.15) is 38.5 Å². The second-order valence-electron chi connectivity index (χ2n) is 4.23. The Labute approximate surface area is 85.0 Å². The van der Waals surface area contributed by atoms with Crippen molar-refractivity contribution >= 4 is 6.03 Å². The van der Waals surface area contributed by atoms with Gasteiger partial charge >= 0.3 is 6.03 Å². The molecule has 0 aromatic rings. The van der Waals surface area contributed by atoms with Crippen LogP contribution in [0, 0.1) is 0 Å². The van der Waals surface area contributed by atoms with E-state index in [1.165, 1.54) is 38.5 Å². The van der Waals surface area contributed by atoms with E-state index in [1.54, 1.807) is 0 Å². The predicted molar refractivity (Wildman–Crippen MR) is 54.7 cm³/mol. The molecule has 1 saturated carbocycles. The van der Waals surface area contributed by atoms with Crippen molar-refractivity contribution in [3.63, 3.8) is 0 Å². The number of carbonyl (C=O) groups excluding carboxylic acids is 1. The van der Waals surface area contributed by atoms with Crippen LogP contribution in [-0.4, -0.2) is 30.3 Å². The lowest BCUT2D eigenvalue weighted by Gasteiger charge is -2.34. The fourth-order valence-electron chi connectivity index (χ4n) is 2.35. The van der Waals surface area contributed by atoms with E-state index in [0.717, 1.165) is 13.3 Å². The molecule has 2 rings (SSSR count). The van der Waals surface area contributed by atoms with Gasteiger partial charge in [-0.05, 0) is 12.8 Å². The third-order valence-electron chi connectivity index (χ3n) is 3.23. The van der Waals surface area contributed by atoms with Crippen LogP contribution in [0.25, 0.3) is 0 Å². The van der Waals surface area contributed by atoms with Crippen molar-refractivity contribution in [2.45, 2.75) is 44.6 Å². The van der Waals surface area contributed by atoms with Gasteiger partial charge in [-0.2, -0.15) is 0 Å². The van der Waals surface area contributed by atoms with E-state index >= 15 is 0 Å². The second-order valence-corrected chi connectivity index (χ2v) is 4.23. The molecule has 1 saturated heterocycles. The lowest BCUT2D eigenvalue weighted by atomic mass is 10.1. The zero-order valence-corrected chi connectivity index (χ0v) is 8.59. The highest BCUT2D eigenvalue weighted by Gasteiger charge is 2.23. The normalized spacial score (nSPS) is 26.4. The summed E-state index contributed by atoms with van der Waals surface area (Å²) in [7, 11) is 0. The minimum Gasteiger partial charge on any atom is -0.325 e. The first-order valence-corrected chi connectivity index (χ1v) is 5.62. The summed E-state index contributed by atoms with van der Waals surface area (Å²) < 4.78 is 0. The lowest BCUT2D eigenvalue weighted by Crippen LogP contribution is -2.56. The van der Waals surface area contributed by atoms with Gasteiger partial charge in [0, 0.05) is 6.04 Å². The molecule has 80 valence electrons. The lowest BCUT2D eigenvalue weighted by molar-refractivity contribution is 0.132. The van der Waals surface area contributed by atoms with Crippen molar-refractivity contribution in [2.24, 2.45) is 0 Å². The monoisotopic (exact) mass is 197 g/mol. The molecule has 2 N–H and O–H groups in total. The maximum atomic E-state index is 10.9. The van der Waals surface area contributed by atoms with E-state index in [-0.39, 0.29) is 6.03 Å². The molecule has 2 amide bonds. The summed E-state index contributed by atoms with van der Waals surface area (Å²) >= 11 is 0. The van der Waals surface area contributed by atoms with Gasteiger partial charge in [0.05, 0.1) is 13.3 Å². The van der Waals surface area contributed by atoms with E-state index < -0.39 is 0 Å². The van der Waals surface area contributed by atoms with Gasteiger partial charge < -0.3 is 10.6 Å². The zero-order chi connectivity index (χ0) is 9.80. The Morgan fingerprint density at radius 2 is 1.57 bits per heavy atom. The summed E-state index contributed by atoms with van der Waals surface area (Å²) in [5, 5.41) is 5.65. The molecule has 1 aliphatic heterocycles. The van der Waals surface area contributed by atoms with Gasteiger partial charge in [-0.25, -0.2) is 4.79 Å². The Bertz CT molecular complexity index is 190. The van der Waals surface area contributed by atoms with E-state index in [2.05, 4.69) is 15.5 Å². The maximum Gasteiger partial charge on any atom is 0.316 e. The second kappa shape index (κ2) is 4.64. The van der Waals surface area contributed by atoms with Gasteiger partial charge in [0.2, 0.25) is 0 Å². The van der Waals surface area contributed by atoms with Crippen molar-refractivity contribution in [3.05, 3.63) is 0 Å². The fourth-order valence-corrected chi connectivity index (χ4v) is 2.35. The van der Waals surface area contributed by atoms with Crippen LogP contribution in [0.4, 0.5) is 4.79 Å². The van der Waals surface area contributed by atoms with Gasteiger partial charge in [0.25, 0.3) is 0 Å². The largest absolute Gasteiger partial charge is 0.325 e. The van der Waals surface area contributed by atoms with Crippen LogP contribution in [0.5, 0.6) is 0 Å². The Balaban J connectivity index is 1.83. The molecule has 2 fully saturated rings. The summed E-state index contributed by atoms with van der Waals surface area (Å²) in [4.78, 5) is 13.3. The van der Waals surface area contributed by atoms with Crippen molar-refractivity contribution in [1.82, 2.24) is 15.5 Å². The highest BCUT2D eigenvalue weighted by Crippen LogP contribution is 2.21. The summed E-state index contributed by atoms with van der Waals surface area (Å²) in [5.41, 5.74) is 0. The summed E-state index contributed by atoms with van der Waals surface area (Å²) in [6, 6.07) is 0.639. The molecule has 1 heterocycles. The summed E-state index contributed by atoms with van der Waals surface area (Å²) in [6.45, 7) is 1.44. The topological polar surface area (TPSA) is 44.4 Å². The van der Waals surface area contributed by atoms with Gasteiger partial charge in [-0.1, -0.05) is 25.7 Å². The van der Waals surface area contributed by atoms with Gasteiger partial charge in [0.1, 0.15) is 0 Å². The maximum absolute atomic E-state index is 10.9. The molecule has 1 aliphatic carbocycles. The molecule has 0 aromatic carbocycles. The first kappa shape index (κ1) is 9.77. The van der Waals surface area contributed by atoms with Crippen molar-refractivity contribution in [2.75, 3.05) is 13.3 Å². The number of urea groups is 1. The molecule has 4 heteroatoms. The zero-order valence-electron chi connectivity index (χ0n) is 8.59. The first-order valence-electron chi connectivity index (χ1n) is 5.62. The molecule has 0 radical (unpaired) electrons. The Kier molecular flexibility index (Phi) is 3.24. The van der Waals surface area contributed by atoms with Crippen LogP contribution < -0.4 is 10.6 Å². The number of hydrogen-bond donors (Lipinski definition) is 2. The molecule has 2 aliphatic rings. The number of carbonyl (C=O) groups is 1. The highest BCUT2D eigenvalue weighted by atomic mass is 16.2. The Hall–Kier alpha value is -0.770. The molecule has 14 heavy (non-hydrogen) atoms. The van der Waals surface area contributed by atoms with E-state index in [1.807, 2.05) is 0 Å². The molecule has 0 bridgehead atoms. The van der Waals surface area contributed by atoms with Gasteiger partial charge in [-0.15, -0.1) is 0 Å². The van der Waals surface area contributed by atoms with Crippen molar-refractivity contribution in [3.8, 4) is 0 Å². The summed E-state index contributed by atoms with van der Waals surface area (Å²) in [5.74, 6) is 0. The minimum atomic E-state index is -0.0325. The molecule has 4 nitrogen and oxygen atoms in total. The molecular formula is C10H19N3O. The van der Waals surface area contributed by atoms with Crippen LogP contribution in [0.2, 0.25) is 0 Å². The highest BCUT2D eigenvalue weighted by molar-refractivity contribution is 5.74. The van der Waals surface area contributed by atoms with Crippen LogP contribution in [0.15, 0.2) is 0 Å². The standard InChI is InChI=1S/C10H19N3O/c14-10-11-7-13(8-12-10)9-5-3-1-2-4-6-9/h9H,1-8H2,(H2,11,12,14). The number of amides is 2. The van der Waals surface area contributed by atoms with Gasteiger partial charge in [0.15, 0.2) is 0 Å². The Morgan fingerprint density at radius 1 is 1.00 bits per heavy atom. The van der Waals surface area contributed by atoms with Crippen molar-refractivity contribution in [1.29, 1.82) is 0 Å². The molecule has 0 unspecified atom stereocenters. The third kappa shape index (κ3) is 2.38. The fraction of sp³-hybridized carbons (Fsp3) is 0.900. The van der Waals surface area contributed by atoms with Gasteiger partial charge in [-0.3, -0.25) is 4.90 Å². The quantitative estimate of drug-likeness (QED) is 0.621. The SMILES string of the molecule is O=C1NCN(C2CCCCCC2)CN1. The molecule has 0 spiro atoms. The predicted octanol–water partition coefficient (Wildman–Crippen LogP) is 1.24. The van der Waals surface area contributed by atoms with Crippen molar-refractivity contribution < 1.29 is 4.79 Å². The molecule has 0 aromatic heterocycles. The number of nitrogens with zero attached hydrogens (tertiary/aromatic N) is 1. The number of hydrogen-bond acceptors (Lipinski definition) is 2. The molecular weight excluding hydrogens is 178 g/mol. The van der Waals surface area contributed by atoms with E-state index in [0.29, 0.717) is 6.04 Å². The average Bonchev–Trinajstić information content (AvgIpc) is 2.47. The van der Waals surface area contributed by atoms with Crippen LogP contribution in [-0.2, 0) is 0 Å². The van der Waals surface area contributed by atoms with E-state index in [9.17, 15) is 4.79 Å². The van der Waals surface area contributed by atoms with Crippen LogP contribution in [0.3, 0.4) is 0 Å². The number of rotatable bonds is 1. The number of nitrogens with one attached hydrogen (secondary N) is 2. The Morgan fingerprint density at radius 3 is 2.14 bits per heavy atom. The minimum absolute atomic E-state index is 0.0325.